The average Bonchev–Trinajstić information content (AvgIpc) is 2.80. The molecule has 0 aliphatic rings. The molecule has 0 spiro atoms. The van der Waals surface area contributed by atoms with Gasteiger partial charge in [-0.05, 0) is 36.4 Å². The van der Waals surface area contributed by atoms with Gasteiger partial charge in [-0.1, -0.05) is 17.4 Å². The molecule has 0 fully saturated rings. The minimum Gasteiger partial charge on any atom is -0.508 e. The number of benzene rings is 2. The maximum absolute atomic E-state index is 13.1. The van der Waals surface area contributed by atoms with Crippen LogP contribution in [-0.4, -0.2) is 16.0 Å². The second-order valence-corrected chi connectivity index (χ2v) is 5.17. The average molecular weight is 288 g/mol. The molecule has 0 radical (unpaired) electrons. The molecule has 0 saturated heterocycles. The van der Waals surface area contributed by atoms with E-state index in [9.17, 15) is 14.3 Å². The Bertz CT molecular complexity index is 801. The number of hydrogen-bond acceptors (Lipinski definition) is 4. The zero-order valence-corrected chi connectivity index (χ0v) is 10.9. The van der Waals surface area contributed by atoms with Gasteiger partial charge < -0.3 is 5.11 Å². The zero-order chi connectivity index (χ0) is 14.1. The van der Waals surface area contributed by atoms with E-state index in [1.54, 1.807) is 12.1 Å². The fourth-order valence-corrected chi connectivity index (χ4v) is 2.66. The van der Waals surface area contributed by atoms with E-state index in [0.29, 0.717) is 10.6 Å². The van der Waals surface area contributed by atoms with Crippen molar-refractivity contribution >= 4 is 32.6 Å². The van der Waals surface area contributed by atoms with Gasteiger partial charge in [-0.3, -0.25) is 10.1 Å². The summed E-state index contributed by atoms with van der Waals surface area (Å²) in [6.45, 7) is 0. The minimum absolute atomic E-state index is 0.143. The maximum atomic E-state index is 13.1. The Morgan fingerprint density at radius 1 is 1.25 bits per heavy atom. The van der Waals surface area contributed by atoms with Gasteiger partial charge in [0, 0.05) is 5.56 Å². The van der Waals surface area contributed by atoms with Crippen LogP contribution in [0.1, 0.15) is 10.4 Å². The summed E-state index contributed by atoms with van der Waals surface area (Å²) in [6.07, 6.45) is 0. The number of hydrogen-bond donors (Lipinski definition) is 2. The topological polar surface area (TPSA) is 62.2 Å². The number of anilines is 1. The maximum Gasteiger partial charge on any atom is 0.257 e. The molecule has 0 atom stereocenters. The van der Waals surface area contributed by atoms with E-state index in [1.807, 2.05) is 0 Å². The number of rotatable bonds is 2. The Labute approximate surface area is 117 Å². The van der Waals surface area contributed by atoms with Crippen LogP contribution in [0.4, 0.5) is 9.52 Å². The molecule has 2 N–H and O–H groups in total. The molecule has 3 aromatic rings. The number of phenols is 1. The Balaban J connectivity index is 1.87. The van der Waals surface area contributed by atoms with Gasteiger partial charge >= 0.3 is 0 Å². The first-order valence-corrected chi connectivity index (χ1v) is 6.60. The van der Waals surface area contributed by atoms with E-state index in [-0.39, 0.29) is 11.3 Å². The van der Waals surface area contributed by atoms with Gasteiger partial charge in [-0.25, -0.2) is 9.37 Å². The van der Waals surface area contributed by atoms with Crippen molar-refractivity contribution in [2.75, 3.05) is 5.32 Å². The van der Waals surface area contributed by atoms with Crippen molar-refractivity contribution in [3.8, 4) is 5.75 Å². The summed E-state index contributed by atoms with van der Waals surface area (Å²) < 4.78 is 13.8. The molecule has 0 aliphatic heterocycles. The molecule has 3 rings (SSSR count). The van der Waals surface area contributed by atoms with E-state index in [2.05, 4.69) is 10.3 Å². The van der Waals surface area contributed by atoms with E-state index < -0.39 is 11.7 Å². The molecule has 4 nitrogen and oxygen atoms in total. The van der Waals surface area contributed by atoms with Crippen molar-refractivity contribution in [3.63, 3.8) is 0 Å². The SMILES string of the molecule is O=C(Nc1nc2ccc(O)cc2s1)c1cccc(F)c1. The summed E-state index contributed by atoms with van der Waals surface area (Å²) in [5.41, 5.74) is 0.912. The monoisotopic (exact) mass is 288 g/mol. The highest BCUT2D eigenvalue weighted by molar-refractivity contribution is 7.22. The van der Waals surface area contributed by atoms with Crippen molar-refractivity contribution < 1.29 is 14.3 Å². The fraction of sp³-hybridized carbons (Fsp3) is 0. The predicted molar refractivity (Wildman–Crippen MR) is 75.6 cm³/mol. The van der Waals surface area contributed by atoms with Gasteiger partial charge in [0.05, 0.1) is 10.2 Å². The number of nitrogens with zero attached hydrogens (tertiary/aromatic N) is 1. The first kappa shape index (κ1) is 12.6. The third-order valence-corrected chi connectivity index (χ3v) is 3.61. The van der Waals surface area contributed by atoms with Gasteiger partial charge in [0.15, 0.2) is 5.13 Å². The van der Waals surface area contributed by atoms with Crippen LogP contribution in [0.3, 0.4) is 0 Å². The lowest BCUT2D eigenvalue weighted by Gasteiger charge is -2.00. The zero-order valence-electron chi connectivity index (χ0n) is 10.1. The van der Waals surface area contributed by atoms with E-state index in [1.165, 1.54) is 35.6 Å². The summed E-state index contributed by atoms with van der Waals surface area (Å²) in [7, 11) is 0. The molecular weight excluding hydrogens is 279 g/mol. The van der Waals surface area contributed by atoms with Crippen LogP contribution in [0.5, 0.6) is 5.75 Å². The normalized spacial score (nSPS) is 10.7. The van der Waals surface area contributed by atoms with Gasteiger partial charge in [-0.2, -0.15) is 0 Å². The van der Waals surface area contributed by atoms with Crippen molar-refractivity contribution in [3.05, 3.63) is 53.8 Å². The van der Waals surface area contributed by atoms with Crippen molar-refractivity contribution in [2.45, 2.75) is 0 Å². The van der Waals surface area contributed by atoms with Crippen LogP contribution in [-0.2, 0) is 0 Å². The quantitative estimate of drug-likeness (QED) is 0.759. The molecule has 1 amide bonds. The lowest BCUT2D eigenvalue weighted by atomic mass is 10.2. The molecule has 0 unspecified atom stereocenters. The minimum atomic E-state index is -0.466. The van der Waals surface area contributed by atoms with Crippen LogP contribution in [0, 0.1) is 5.82 Å². The molecular formula is C14H9FN2O2S. The number of halogens is 1. The Kier molecular flexibility index (Phi) is 3.08. The lowest BCUT2D eigenvalue weighted by molar-refractivity contribution is 0.102. The first-order valence-electron chi connectivity index (χ1n) is 5.78. The van der Waals surface area contributed by atoms with Gasteiger partial charge in [-0.15, -0.1) is 0 Å². The number of fused-ring (bicyclic) bond motifs is 1. The number of aromatic nitrogens is 1. The number of thiazole rings is 1. The number of aromatic hydroxyl groups is 1. The molecule has 0 saturated carbocycles. The van der Waals surface area contributed by atoms with Crippen molar-refractivity contribution in [1.29, 1.82) is 0 Å². The molecule has 20 heavy (non-hydrogen) atoms. The van der Waals surface area contributed by atoms with E-state index in [0.717, 1.165) is 10.8 Å². The van der Waals surface area contributed by atoms with E-state index >= 15 is 0 Å². The van der Waals surface area contributed by atoms with Crippen LogP contribution in [0.25, 0.3) is 10.2 Å². The fourth-order valence-electron chi connectivity index (χ4n) is 1.77. The molecule has 2 aromatic carbocycles. The highest BCUT2D eigenvalue weighted by Gasteiger charge is 2.10. The predicted octanol–water partition coefficient (Wildman–Crippen LogP) is 3.39. The Morgan fingerprint density at radius 3 is 2.90 bits per heavy atom. The Morgan fingerprint density at radius 2 is 2.10 bits per heavy atom. The third kappa shape index (κ3) is 2.46. The van der Waals surface area contributed by atoms with Gasteiger partial charge in [0.25, 0.3) is 5.91 Å². The molecule has 100 valence electrons. The summed E-state index contributed by atoms with van der Waals surface area (Å²) in [5.74, 6) is -0.746. The smallest absolute Gasteiger partial charge is 0.257 e. The molecule has 0 aliphatic carbocycles. The lowest BCUT2D eigenvalue weighted by Crippen LogP contribution is -2.11. The number of nitrogens with one attached hydrogen (secondary N) is 1. The number of phenolic OH excluding ortho intramolecular Hbond substituents is 1. The summed E-state index contributed by atoms with van der Waals surface area (Å²) in [5, 5.41) is 12.4. The van der Waals surface area contributed by atoms with Crippen molar-refractivity contribution in [1.82, 2.24) is 4.98 Å². The second-order valence-electron chi connectivity index (χ2n) is 4.14. The highest BCUT2D eigenvalue weighted by Crippen LogP contribution is 2.28. The molecule has 1 heterocycles. The summed E-state index contributed by atoms with van der Waals surface area (Å²) in [4.78, 5) is 16.2. The number of carbonyl (C=O) groups excluding carboxylic acids is 1. The standard InChI is InChI=1S/C14H9FN2O2S/c15-9-3-1-2-8(6-9)13(19)17-14-16-11-5-4-10(18)7-12(11)20-14/h1-7,18H,(H,16,17,19). The van der Waals surface area contributed by atoms with E-state index in [4.69, 9.17) is 0 Å². The highest BCUT2D eigenvalue weighted by atomic mass is 32.1. The number of carbonyl (C=O) groups is 1. The largest absolute Gasteiger partial charge is 0.508 e. The second kappa shape index (κ2) is 4.90. The van der Waals surface area contributed by atoms with Gasteiger partial charge in [0.1, 0.15) is 11.6 Å². The molecule has 0 bridgehead atoms. The van der Waals surface area contributed by atoms with Gasteiger partial charge in [0.2, 0.25) is 0 Å². The van der Waals surface area contributed by atoms with Crippen LogP contribution in [0.15, 0.2) is 42.5 Å². The molecule has 6 heteroatoms. The van der Waals surface area contributed by atoms with Crippen molar-refractivity contribution in [2.24, 2.45) is 0 Å². The van der Waals surface area contributed by atoms with Crippen LogP contribution >= 0.6 is 11.3 Å². The number of amides is 1. The summed E-state index contributed by atoms with van der Waals surface area (Å²) >= 11 is 1.24. The van der Waals surface area contributed by atoms with Crippen LogP contribution in [0.2, 0.25) is 0 Å². The third-order valence-electron chi connectivity index (χ3n) is 2.68. The molecule has 1 aromatic heterocycles. The summed E-state index contributed by atoms with van der Waals surface area (Å²) in [6, 6.07) is 10.2. The Hall–Kier alpha value is -2.47. The van der Waals surface area contributed by atoms with Crippen LogP contribution < -0.4 is 5.32 Å². The first-order chi connectivity index (χ1) is 9.61.